The molecule has 18 heavy (non-hydrogen) atoms. The number of rotatable bonds is 2. The number of fused-ring (bicyclic) bond motifs is 1. The summed E-state index contributed by atoms with van der Waals surface area (Å²) in [5.41, 5.74) is 0. The molecule has 3 rings (SSSR count). The van der Waals surface area contributed by atoms with E-state index < -0.39 is 0 Å². The summed E-state index contributed by atoms with van der Waals surface area (Å²) in [6.45, 7) is 3.21. The number of hydrogen-bond acceptors (Lipinski definition) is 2. The first kappa shape index (κ1) is 12.5. The highest BCUT2D eigenvalue weighted by Crippen LogP contribution is 2.35. The lowest BCUT2D eigenvalue weighted by atomic mass is 9.73. The van der Waals surface area contributed by atoms with Gasteiger partial charge >= 0.3 is 0 Å². The number of piperidine rings is 2. The maximum Gasteiger partial charge on any atom is 0.222 e. The summed E-state index contributed by atoms with van der Waals surface area (Å²) in [4.78, 5) is 14.1. The van der Waals surface area contributed by atoms with Crippen LogP contribution >= 0.6 is 0 Å². The third-order valence-corrected chi connectivity index (χ3v) is 5.17. The monoisotopic (exact) mass is 250 g/mol. The largest absolute Gasteiger partial charge is 0.342 e. The molecule has 0 aromatic heterocycles. The summed E-state index contributed by atoms with van der Waals surface area (Å²) >= 11 is 0. The molecule has 0 bridgehead atoms. The highest BCUT2D eigenvalue weighted by atomic mass is 16.2. The average molecular weight is 250 g/mol. The highest BCUT2D eigenvalue weighted by molar-refractivity contribution is 5.76. The highest BCUT2D eigenvalue weighted by Gasteiger charge is 2.36. The molecule has 3 nitrogen and oxygen atoms in total. The van der Waals surface area contributed by atoms with Gasteiger partial charge in [0, 0.05) is 25.6 Å². The number of carbonyl (C=O) groups is 1. The van der Waals surface area contributed by atoms with E-state index in [0.29, 0.717) is 17.9 Å². The second kappa shape index (κ2) is 5.60. The first-order valence-corrected chi connectivity index (χ1v) is 7.86. The smallest absolute Gasteiger partial charge is 0.222 e. The molecule has 1 saturated carbocycles. The fourth-order valence-electron chi connectivity index (χ4n) is 4.22. The zero-order chi connectivity index (χ0) is 12.4. The van der Waals surface area contributed by atoms with Crippen molar-refractivity contribution in [1.82, 2.24) is 10.2 Å². The summed E-state index contributed by atoms with van der Waals surface area (Å²) in [6, 6.07) is 0.697. The van der Waals surface area contributed by atoms with Crippen LogP contribution in [0.4, 0.5) is 0 Å². The molecule has 1 N–H and O–H groups in total. The predicted octanol–water partition coefficient (Wildman–Crippen LogP) is 2.17. The molecule has 2 saturated heterocycles. The number of nitrogens with one attached hydrogen (secondary N) is 1. The molecule has 2 heterocycles. The number of nitrogens with zero attached hydrogens (tertiary/aromatic N) is 1. The normalized spacial score (nSPS) is 37.4. The molecule has 3 atom stereocenters. The summed E-state index contributed by atoms with van der Waals surface area (Å²) in [7, 11) is 0. The van der Waals surface area contributed by atoms with Gasteiger partial charge in [-0.2, -0.15) is 0 Å². The van der Waals surface area contributed by atoms with Gasteiger partial charge in [-0.3, -0.25) is 4.79 Å². The summed E-state index contributed by atoms with van der Waals surface area (Å²) in [5, 5.41) is 3.74. The Kier molecular flexibility index (Phi) is 3.88. The van der Waals surface area contributed by atoms with E-state index in [9.17, 15) is 4.79 Å². The Balaban J connectivity index is 1.61. The fourth-order valence-corrected chi connectivity index (χ4v) is 4.22. The van der Waals surface area contributed by atoms with Gasteiger partial charge < -0.3 is 10.2 Å². The minimum Gasteiger partial charge on any atom is -0.342 e. The molecule has 102 valence electrons. The van der Waals surface area contributed by atoms with Crippen LogP contribution < -0.4 is 5.32 Å². The molecule has 0 radical (unpaired) electrons. The van der Waals surface area contributed by atoms with Crippen molar-refractivity contribution in [2.75, 3.05) is 19.6 Å². The molecule has 3 heteroatoms. The van der Waals surface area contributed by atoms with Crippen LogP contribution in [0.5, 0.6) is 0 Å². The van der Waals surface area contributed by atoms with E-state index in [1.807, 2.05) is 0 Å². The van der Waals surface area contributed by atoms with E-state index >= 15 is 0 Å². The third kappa shape index (κ3) is 2.56. The van der Waals surface area contributed by atoms with E-state index in [0.717, 1.165) is 31.8 Å². The van der Waals surface area contributed by atoms with Gasteiger partial charge in [0.05, 0.1) is 0 Å². The van der Waals surface area contributed by atoms with Crippen LogP contribution in [-0.4, -0.2) is 36.5 Å². The minimum absolute atomic E-state index is 0.402. The van der Waals surface area contributed by atoms with Crippen LogP contribution in [-0.2, 0) is 4.79 Å². The molecular formula is C15H26N2O. The Morgan fingerprint density at radius 1 is 1.11 bits per heavy atom. The Hall–Kier alpha value is -0.570. The van der Waals surface area contributed by atoms with Gasteiger partial charge in [0.2, 0.25) is 5.91 Å². The Bertz CT molecular complexity index is 303. The molecule has 1 aliphatic carbocycles. The number of amides is 1. The van der Waals surface area contributed by atoms with Crippen molar-refractivity contribution in [3.63, 3.8) is 0 Å². The first-order chi connectivity index (χ1) is 8.84. The summed E-state index contributed by atoms with van der Waals surface area (Å²) in [6.07, 6.45) is 9.94. The second-order valence-corrected chi connectivity index (χ2v) is 6.37. The van der Waals surface area contributed by atoms with Crippen molar-refractivity contribution in [2.24, 2.45) is 11.8 Å². The zero-order valence-electron chi connectivity index (χ0n) is 11.4. The Morgan fingerprint density at radius 2 is 2.00 bits per heavy atom. The number of hydrogen-bond donors (Lipinski definition) is 1. The fraction of sp³-hybridized carbons (Fsp3) is 0.933. The van der Waals surface area contributed by atoms with Crippen LogP contribution in [0, 0.1) is 11.8 Å². The standard InChI is InChI=1S/C15H26N2O/c18-14-8-1-2-10-17(14)11-13-6-3-5-12-7-4-9-16-15(12)13/h12-13,15-16H,1-11H2/t12-,13-,15+/m1/s1. The second-order valence-electron chi connectivity index (χ2n) is 6.37. The molecule has 3 aliphatic rings. The van der Waals surface area contributed by atoms with E-state index in [4.69, 9.17) is 0 Å². The number of carbonyl (C=O) groups excluding carboxylic acids is 1. The molecule has 0 spiro atoms. The minimum atomic E-state index is 0.402. The molecule has 1 amide bonds. The average Bonchev–Trinajstić information content (AvgIpc) is 2.42. The molecule has 0 aromatic carbocycles. The molecule has 0 unspecified atom stereocenters. The van der Waals surface area contributed by atoms with Gasteiger partial charge in [0.1, 0.15) is 0 Å². The Morgan fingerprint density at radius 3 is 2.89 bits per heavy atom. The van der Waals surface area contributed by atoms with Crippen molar-refractivity contribution in [2.45, 2.75) is 57.4 Å². The lowest BCUT2D eigenvalue weighted by Crippen LogP contribution is -2.52. The van der Waals surface area contributed by atoms with E-state index in [1.54, 1.807) is 0 Å². The van der Waals surface area contributed by atoms with E-state index in [-0.39, 0.29) is 0 Å². The van der Waals surface area contributed by atoms with Crippen molar-refractivity contribution >= 4 is 5.91 Å². The maximum atomic E-state index is 11.9. The topological polar surface area (TPSA) is 32.3 Å². The predicted molar refractivity (Wildman–Crippen MR) is 72.3 cm³/mol. The van der Waals surface area contributed by atoms with Crippen molar-refractivity contribution in [1.29, 1.82) is 0 Å². The third-order valence-electron chi connectivity index (χ3n) is 5.17. The lowest BCUT2D eigenvalue weighted by molar-refractivity contribution is -0.134. The van der Waals surface area contributed by atoms with Crippen LogP contribution in [0.15, 0.2) is 0 Å². The Labute approximate surface area is 110 Å². The van der Waals surface area contributed by atoms with Crippen molar-refractivity contribution < 1.29 is 4.79 Å². The quantitative estimate of drug-likeness (QED) is 0.814. The molecular weight excluding hydrogens is 224 g/mol. The van der Waals surface area contributed by atoms with Crippen molar-refractivity contribution in [3.05, 3.63) is 0 Å². The van der Waals surface area contributed by atoms with Crippen molar-refractivity contribution in [3.8, 4) is 0 Å². The summed E-state index contributed by atoms with van der Waals surface area (Å²) < 4.78 is 0. The van der Waals surface area contributed by atoms with Crippen LogP contribution in [0.3, 0.4) is 0 Å². The van der Waals surface area contributed by atoms with Gasteiger partial charge in [0.15, 0.2) is 0 Å². The maximum absolute atomic E-state index is 11.9. The molecule has 0 aromatic rings. The van der Waals surface area contributed by atoms with Gasteiger partial charge in [-0.1, -0.05) is 6.42 Å². The van der Waals surface area contributed by atoms with Crippen LogP contribution in [0.25, 0.3) is 0 Å². The molecule has 2 aliphatic heterocycles. The first-order valence-electron chi connectivity index (χ1n) is 7.86. The molecule has 3 fully saturated rings. The summed E-state index contributed by atoms with van der Waals surface area (Å²) in [5.74, 6) is 2.00. The number of likely N-dealkylation sites (tertiary alicyclic amines) is 1. The van der Waals surface area contributed by atoms with Gasteiger partial charge in [-0.05, 0) is 56.9 Å². The lowest BCUT2D eigenvalue weighted by Gasteiger charge is -2.44. The van der Waals surface area contributed by atoms with Gasteiger partial charge in [-0.15, -0.1) is 0 Å². The van der Waals surface area contributed by atoms with Gasteiger partial charge in [-0.25, -0.2) is 0 Å². The van der Waals surface area contributed by atoms with Crippen LogP contribution in [0.2, 0.25) is 0 Å². The zero-order valence-corrected chi connectivity index (χ0v) is 11.4. The van der Waals surface area contributed by atoms with E-state index in [2.05, 4.69) is 10.2 Å². The SMILES string of the molecule is O=C1CCCCN1C[C@H]1CCC[C@@H]2CCCN[C@@H]21. The van der Waals surface area contributed by atoms with Gasteiger partial charge in [0.25, 0.3) is 0 Å². The van der Waals surface area contributed by atoms with Crippen LogP contribution in [0.1, 0.15) is 51.4 Å². The van der Waals surface area contributed by atoms with E-state index in [1.165, 1.54) is 45.1 Å².